The van der Waals surface area contributed by atoms with Gasteiger partial charge in [0, 0.05) is 10.7 Å². The number of ether oxygens (including phenoxy) is 2. The zero-order valence-electron chi connectivity index (χ0n) is 10.4. The summed E-state index contributed by atoms with van der Waals surface area (Å²) < 4.78 is 48.5. The lowest BCUT2D eigenvalue weighted by Gasteiger charge is -2.33. The molecule has 4 nitrogen and oxygen atoms in total. The molecule has 0 unspecified atom stereocenters. The number of hydrogen-bond acceptors (Lipinski definition) is 4. The first-order valence-electron chi connectivity index (χ1n) is 5.78. The van der Waals surface area contributed by atoms with Crippen molar-refractivity contribution in [2.24, 2.45) is 5.92 Å². The van der Waals surface area contributed by atoms with E-state index in [1.165, 1.54) is 13.3 Å². The summed E-state index contributed by atoms with van der Waals surface area (Å²) in [5.41, 5.74) is -0.937. The van der Waals surface area contributed by atoms with Gasteiger partial charge in [-0.15, -0.1) is 0 Å². The number of esters is 1. The van der Waals surface area contributed by atoms with Crippen LogP contribution < -0.4 is 4.74 Å². The van der Waals surface area contributed by atoms with E-state index in [0.717, 1.165) is 6.07 Å². The summed E-state index contributed by atoms with van der Waals surface area (Å²) in [7, 11) is 1.27. The maximum atomic E-state index is 12.8. The van der Waals surface area contributed by atoms with Crippen LogP contribution in [0.5, 0.6) is 5.88 Å². The molecule has 110 valence electrons. The van der Waals surface area contributed by atoms with E-state index in [1.807, 2.05) is 0 Å². The molecular formula is C12H11BrF3NO3. The summed E-state index contributed by atoms with van der Waals surface area (Å²) in [6.45, 7) is 0. The second kappa shape index (κ2) is 5.59. The van der Waals surface area contributed by atoms with Crippen LogP contribution in [0.2, 0.25) is 0 Å². The minimum absolute atomic E-state index is 0.221. The summed E-state index contributed by atoms with van der Waals surface area (Å²) in [5.74, 6) is -1.14. The summed E-state index contributed by atoms with van der Waals surface area (Å²) in [6.07, 6.45) is -3.09. The molecule has 0 amide bonds. The number of hydrogen-bond donors (Lipinski definition) is 0. The molecule has 0 saturated heterocycles. The third kappa shape index (κ3) is 3.23. The molecule has 1 aliphatic rings. The molecule has 0 N–H and O–H groups in total. The summed E-state index contributed by atoms with van der Waals surface area (Å²) >= 11 is 2.94. The maximum Gasteiger partial charge on any atom is 0.421 e. The topological polar surface area (TPSA) is 48.4 Å². The Morgan fingerprint density at radius 1 is 1.45 bits per heavy atom. The van der Waals surface area contributed by atoms with Crippen LogP contribution >= 0.6 is 15.9 Å². The van der Waals surface area contributed by atoms with Gasteiger partial charge in [0.25, 0.3) is 0 Å². The maximum absolute atomic E-state index is 12.8. The average molecular weight is 354 g/mol. The Morgan fingerprint density at radius 3 is 2.65 bits per heavy atom. The summed E-state index contributed by atoms with van der Waals surface area (Å²) in [6, 6.07) is 0.915. The number of methoxy groups -OCH3 is 1. The van der Waals surface area contributed by atoms with Crippen LogP contribution in [-0.4, -0.2) is 24.2 Å². The summed E-state index contributed by atoms with van der Waals surface area (Å²) in [5, 5.41) is 0. The van der Waals surface area contributed by atoms with E-state index >= 15 is 0 Å². The van der Waals surface area contributed by atoms with Crippen LogP contribution in [0, 0.1) is 5.92 Å². The predicted molar refractivity (Wildman–Crippen MR) is 66.1 cm³/mol. The van der Waals surface area contributed by atoms with Crippen LogP contribution in [-0.2, 0) is 15.7 Å². The average Bonchev–Trinajstić information content (AvgIpc) is 2.32. The van der Waals surface area contributed by atoms with Crippen molar-refractivity contribution in [3.8, 4) is 5.88 Å². The largest absolute Gasteiger partial charge is 0.474 e. The Bertz CT molecular complexity index is 515. The first kappa shape index (κ1) is 15.1. The van der Waals surface area contributed by atoms with Gasteiger partial charge >= 0.3 is 12.1 Å². The molecule has 0 aromatic carbocycles. The highest BCUT2D eigenvalue weighted by Gasteiger charge is 2.40. The first-order chi connectivity index (χ1) is 9.31. The Balaban J connectivity index is 2.06. The predicted octanol–water partition coefficient (Wildman–Crippen LogP) is 3.19. The van der Waals surface area contributed by atoms with Gasteiger partial charge in [0.2, 0.25) is 5.88 Å². The smallest absolute Gasteiger partial charge is 0.421 e. The summed E-state index contributed by atoms with van der Waals surface area (Å²) in [4.78, 5) is 14.8. The number of halogens is 4. The van der Waals surface area contributed by atoms with Crippen LogP contribution in [0.4, 0.5) is 13.2 Å². The number of alkyl halides is 3. The van der Waals surface area contributed by atoms with Crippen molar-refractivity contribution in [3.63, 3.8) is 0 Å². The SMILES string of the molecule is COC(=O)C1CC(Oc2ncc(Br)cc2C(F)(F)F)C1. The third-order valence-corrected chi connectivity index (χ3v) is 3.46. The van der Waals surface area contributed by atoms with Crippen molar-refractivity contribution in [1.29, 1.82) is 0 Å². The van der Waals surface area contributed by atoms with Gasteiger partial charge in [-0.2, -0.15) is 13.2 Å². The fraction of sp³-hybridized carbons (Fsp3) is 0.500. The molecule has 1 fully saturated rings. The van der Waals surface area contributed by atoms with Crippen molar-refractivity contribution in [1.82, 2.24) is 4.98 Å². The molecule has 1 aromatic rings. The van der Waals surface area contributed by atoms with Gasteiger partial charge < -0.3 is 9.47 Å². The van der Waals surface area contributed by atoms with E-state index in [-0.39, 0.29) is 16.4 Å². The highest BCUT2D eigenvalue weighted by Crippen LogP contribution is 2.39. The normalized spacial score (nSPS) is 22.1. The minimum Gasteiger partial charge on any atom is -0.474 e. The van der Waals surface area contributed by atoms with Gasteiger partial charge in [-0.3, -0.25) is 4.79 Å². The Morgan fingerprint density at radius 2 is 2.10 bits per heavy atom. The molecule has 1 saturated carbocycles. The first-order valence-corrected chi connectivity index (χ1v) is 6.57. The zero-order chi connectivity index (χ0) is 14.9. The van der Waals surface area contributed by atoms with Gasteiger partial charge in [0.05, 0.1) is 13.0 Å². The Hall–Kier alpha value is -1.31. The minimum atomic E-state index is -4.54. The second-order valence-electron chi connectivity index (χ2n) is 4.44. The molecule has 0 spiro atoms. The van der Waals surface area contributed by atoms with E-state index in [1.54, 1.807) is 0 Å². The molecule has 2 rings (SSSR count). The van der Waals surface area contributed by atoms with E-state index in [9.17, 15) is 18.0 Å². The van der Waals surface area contributed by atoms with Gasteiger partial charge in [-0.05, 0) is 34.8 Å². The number of aromatic nitrogens is 1. The van der Waals surface area contributed by atoms with E-state index in [2.05, 4.69) is 25.7 Å². The lowest BCUT2D eigenvalue weighted by molar-refractivity contribution is -0.153. The molecule has 0 atom stereocenters. The van der Waals surface area contributed by atoms with Gasteiger partial charge in [-0.25, -0.2) is 4.98 Å². The van der Waals surface area contributed by atoms with Crippen molar-refractivity contribution in [2.45, 2.75) is 25.1 Å². The highest BCUT2D eigenvalue weighted by atomic mass is 79.9. The number of carbonyl (C=O) groups excluding carboxylic acids is 1. The zero-order valence-corrected chi connectivity index (χ0v) is 12.0. The van der Waals surface area contributed by atoms with Crippen LogP contribution in [0.1, 0.15) is 18.4 Å². The molecule has 0 aliphatic heterocycles. The van der Waals surface area contributed by atoms with Crippen molar-refractivity contribution in [2.75, 3.05) is 7.11 Å². The van der Waals surface area contributed by atoms with Crippen LogP contribution in [0.3, 0.4) is 0 Å². The van der Waals surface area contributed by atoms with Crippen LogP contribution in [0.25, 0.3) is 0 Å². The number of rotatable bonds is 3. The quantitative estimate of drug-likeness (QED) is 0.783. The second-order valence-corrected chi connectivity index (χ2v) is 5.35. The van der Waals surface area contributed by atoms with Crippen molar-refractivity contribution >= 4 is 21.9 Å². The number of nitrogens with zero attached hydrogens (tertiary/aromatic N) is 1. The number of pyridine rings is 1. The monoisotopic (exact) mass is 353 g/mol. The molecule has 20 heavy (non-hydrogen) atoms. The van der Waals surface area contributed by atoms with E-state index < -0.39 is 23.7 Å². The Labute approximate surface area is 121 Å². The van der Waals surface area contributed by atoms with Gasteiger partial charge in [0.1, 0.15) is 11.7 Å². The fourth-order valence-corrected chi connectivity index (χ4v) is 2.23. The third-order valence-electron chi connectivity index (χ3n) is 3.03. The molecule has 0 radical (unpaired) electrons. The van der Waals surface area contributed by atoms with Gasteiger partial charge in [-0.1, -0.05) is 0 Å². The van der Waals surface area contributed by atoms with E-state index in [4.69, 9.17) is 4.74 Å². The Kier molecular flexibility index (Phi) is 4.22. The molecule has 1 aliphatic carbocycles. The van der Waals surface area contributed by atoms with E-state index in [0.29, 0.717) is 12.8 Å². The van der Waals surface area contributed by atoms with Gasteiger partial charge in [0.15, 0.2) is 0 Å². The molecule has 1 heterocycles. The van der Waals surface area contributed by atoms with Crippen molar-refractivity contribution < 1.29 is 27.4 Å². The molecule has 0 bridgehead atoms. The standard InChI is InChI=1S/C12H11BrF3NO3/c1-19-11(18)6-2-8(3-6)20-10-9(12(14,15)16)4-7(13)5-17-10/h4-6,8H,2-3H2,1H3. The van der Waals surface area contributed by atoms with Crippen LogP contribution in [0.15, 0.2) is 16.7 Å². The lowest BCUT2D eigenvalue weighted by atomic mass is 9.82. The van der Waals surface area contributed by atoms with Crippen molar-refractivity contribution in [3.05, 3.63) is 22.3 Å². The highest BCUT2D eigenvalue weighted by molar-refractivity contribution is 9.10. The lowest BCUT2D eigenvalue weighted by Crippen LogP contribution is -2.39. The molecule has 1 aromatic heterocycles. The molecule has 8 heteroatoms. The number of carbonyl (C=O) groups is 1. The molecular weight excluding hydrogens is 343 g/mol. The fourth-order valence-electron chi connectivity index (χ4n) is 1.90.